The lowest BCUT2D eigenvalue weighted by molar-refractivity contribution is 0.126. The molecule has 2 atom stereocenters. The number of piperazine rings is 1. The zero-order valence-corrected chi connectivity index (χ0v) is 11.7. The first-order valence-corrected chi connectivity index (χ1v) is 7.51. The molecule has 0 aromatic carbocycles. The topological polar surface area (TPSA) is 58.6 Å². The maximum absolute atomic E-state index is 12.1. The van der Waals surface area contributed by atoms with Gasteiger partial charge in [0.15, 0.2) is 0 Å². The maximum atomic E-state index is 12.1. The highest BCUT2D eigenvalue weighted by Gasteiger charge is 2.30. The van der Waals surface area contributed by atoms with Crippen LogP contribution in [-0.4, -0.2) is 56.9 Å². The van der Waals surface area contributed by atoms with E-state index in [0.717, 1.165) is 19.4 Å². The van der Waals surface area contributed by atoms with Crippen molar-refractivity contribution in [1.82, 2.24) is 9.62 Å². The Morgan fingerprint density at radius 3 is 2.82 bits per heavy atom. The summed E-state index contributed by atoms with van der Waals surface area (Å²) in [6, 6.07) is 0.244. The van der Waals surface area contributed by atoms with Crippen molar-refractivity contribution in [3.05, 3.63) is 0 Å². The van der Waals surface area contributed by atoms with Crippen molar-refractivity contribution in [2.45, 2.75) is 31.9 Å². The van der Waals surface area contributed by atoms with Gasteiger partial charge in [-0.3, -0.25) is 0 Å². The van der Waals surface area contributed by atoms with Crippen molar-refractivity contribution in [2.75, 3.05) is 32.0 Å². The molecule has 2 rings (SSSR count). The Hall–Kier alpha value is 0.120. The van der Waals surface area contributed by atoms with Crippen LogP contribution < -0.4 is 5.32 Å². The van der Waals surface area contributed by atoms with Gasteiger partial charge < -0.3 is 10.1 Å². The highest BCUT2D eigenvalue weighted by atomic mass is 35.5. The molecule has 2 heterocycles. The third kappa shape index (κ3) is 4.06. The van der Waals surface area contributed by atoms with E-state index in [4.69, 9.17) is 4.74 Å². The molecule has 0 amide bonds. The van der Waals surface area contributed by atoms with Gasteiger partial charge in [0.05, 0.1) is 11.9 Å². The van der Waals surface area contributed by atoms with Crippen LogP contribution in [-0.2, 0) is 14.8 Å². The summed E-state index contributed by atoms with van der Waals surface area (Å²) < 4.78 is 31.2. The van der Waals surface area contributed by atoms with Gasteiger partial charge in [-0.2, -0.15) is 4.31 Å². The molecule has 0 bridgehead atoms. The second kappa shape index (κ2) is 6.33. The van der Waals surface area contributed by atoms with Crippen molar-refractivity contribution >= 4 is 22.4 Å². The molecule has 1 unspecified atom stereocenters. The summed E-state index contributed by atoms with van der Waals surface area (Å²) in [6.07, 6.45) is 1.77. The molecular weight excluding hydrogens is 264 g/mol. The van der Waals surface area contributed by atoms with Crippen LogP contribution in [0, 0.1) is 0 Å². The summed E-state index contributed by atoms with van der Waals surface area (Å²) in [5.74, 6) is 0.153. The van der Waals surface area contributed by atoms with Gasteiger partial charge in [0.2, 0.25) is 10.0 Å². The van der Waals surface area contributed by atoms with Crippen LogP contribution in [0.25, 0.3) is 0 Å². The van der Waals surface area contributed by atoms with E-state index in [1.54, 1.807) is 4.31 Å². The van der Waals surface area contributed by atoms with Gasteiger partial charge >= 0.3 is 0 Å². The Kier molecular flexibility index (Phi) is 5.66. The van der Waals surface area contributed by atoms with Crippen molar-refractivity contribution < 1.29 is 13.2 Å². The van der Waals surface area contributed by atoms with Crippen LogP contribution in [0.15, 0.2) is 0 Å². The molecule has 0 aromatic heterocycles. The number of rotatable bonds is 3. The molecule has 0 radical (unpaired) electrons. The predicted molar refractivity (Wildman–Crippen MR) is 69.0 cm³/mol. The van der Waals surface area contributed by atoms with E-state index in [0.29, 0.717) is 19.7 Å². The van der Waals surface area contributed by atoms with Gasteiger partial charge in [0.25, 0.3) is 0 Å². The lowest BCUT2D eigenvalue weighted by Gasteiger charge is -2.31. The summed E-state index contributed by atoms with van der Waals surface area (Å²) in [5.41, 5.74) is 0. The Morgan fingerprint density at radius 1 is 1.47 bits per heavy atom. The highest BCUT2D eigenvalue weighted by Crippen LogP contribution is 2.16. The molecule has 0 saturated carbocycles. The molecule has 2 aliphatic rings. The molecule has 0 aromatic rings. The van der Waals surface area contributed by atoms with E-state index in [-0.39, 0.29) is 30.3 Å². The molecule has 7 heteroatoms. The normalized spacial score (nSPS) is 31.1. The zero-order chi connectivity index (χ0) is 11.6. The van der Waals surface area contributed by atoms with Crippen molar-refractivity contribution in [2.24, 2.45) is 0 Å². The Morgan fingerprint density at radius 2 is 2.24 bits per heavy atom. The zero-order valence-electron chi connectivity index (χ0n) is 10.1. The van der Waals surface area contributed by atoms with Gasteiger partial charge in [0, 0.05) is 32.3 Å². The second-order valence-corrected chi connectivity index (χ2v) is 6.64. The maximum Gasteiger partial charge on any atom is 0.216 e. The smallest absolute Gasteiger partial charge is 0.216 e. The number of ether oxygens (including phenoxy) is 1. The first-order chi connectivity index (χ1) is 7.58. The third-order valence-corrected chi connectivity index (χ3v) is 5.06. The van der Waals surface area contributed by atoms with E-state index in [2.05, 4.69) is 5.32 Å². The summed E-state index contributed by atoms with van der Waals surface area (Å²) in [6.45, 7) is 4.62. The lowest BCUT2D eigenvalue weighted by Crippen LogP contribution is -2.52. The summed E-state index contributed by atoms with van der Waals surface area (Å²) in [5, 5.41) is 3.24. The fourth-order valence-corrected chi connectivity index (χ4v) is 4.03. The van der Waals surface area contributed by atoms with Crippen LogP contribution in [0.2, 0.25) is 0 Å². The minimum absolute atomic E-state index is 0. The van der Waals surface area contributed by atoms with Gasteiger partial charge in [-0.05, 0) is 19.8 Å². The average molecular weight is 285 g/mol. The molecule has 2 saturated heterocycles. The molecule has 0 spiro atoms. The fourth-order valence-electron chi connectivity index (χ4n) is 2.27. The number of sulfonamides is 1. The summed E-state index contributed by atoms with van der Waals surface area (Å²) in [4.78, 5) is 0. The van der Waals surface area contributed by atoms with Crippen molar-refractivity contribution in [1.29, 1.82) is 0 Å². The highest BCUT2D eigenvalue weighted by molar-refractivity contribution is 7.89. The molecule has 102 valence electrons. The Labute approximate surface area is 109 Å². The van der Waals surface area contributed by atoms with Crippen LogP contribution in [0.5, 0.6) is 0 Å². The van der Waals surface area contributed by atoms with Gasteiger partial charge in [-0.15, -0.1) is 12.4 Å². The number of hydrogen-bond acceptors (Lipinski definition) is 4. The van der Waals surface area contributed by atoms with E-state index in [1.165, 1.54) is 0 Å². The summed E-state index contributed by atoms with van der Waals surface area (Å²) >= 11 is 0. The molecule has 2 fully saturated rings. The average Bonchev–Trinajstić information content (AvgIpc) is 2.70. The standard InChI is InChI=1S/C10H20N2O3S.ClH/c1-9-7-12(5-4-11-9)16(13,14)8-10-3-2-6-15-10;/h9-11H,2-8H2,1H3;1H/t9-,10?;/m0./s1. The van der Waals surface area contributed by atoms with Gasteiger partial charge in [-0.1, -0.05) is 0 Å². The van der Waals surface area contributed by atoms with Crippen molar-refractivity contribution in [3.8, 4) is 0 Å². The van der Waals surface area contributed by atoms with Crippen LogP contribution in [0.4, 0.5) is 0 Å². The number of nitrogens with one attached hydrogen (secondary N) is 1. The Bertz CT molecular complexity index is 330. The number of hydrogen-bond donors (Lipinski definition) is 1. The van der Waals surface area contributed by atoms with E-state index in [9.17, 15) is 8.42 Å². The van der Waals surface area contributed by atoms with Crippen molar-refractivity contribution in [3.63, 3.8) is 0 Å². The predicted octanol–water partition coefficient (Wildman–Crippen LogP) is 0.211. The SMILES string of the molecule is C[C@H]1CN(S(=O)(=O)CC2CCCO2)CCN1.Cl. The van der Waals surface area contributed by atoms with Crippen LogP contribution in [0.1, 0.15) is 19.8 Å². The quantitative estimate of drug-likeness (QED) is 0.805. The first kappa shape index (κ1) is 15.2. The minimum Gasteiger partial charge on any atom is -0.377 e. The molecule has 1 N–H and O–H groups in total. The monoisotopic (exact) mass is 284 g/mol. The summed E-state index contributed by atoms with van der Waals surface area (Å²) in [7, 11) is -3.13. The molecule has 17 heavy (non-hydrogen) atoms. The molecular formula is C10H21ClN2O3S. The molecule has 5 nitrogen and oxygen atoms in total. The molecule has 2 aliphatic heterocycles. The first-order valence-electron chi connectivity index (χ1n) is 5.91. The van der Waals surface area contributed by atoms with E-state index < -0.39 is 10.0 Å². The third-order valence-electron chi connectivity index (χ3n) is 3.15. The number of halogens is 1. The van der Waals surface area contributed by atoms with E-state index in [1.807, 2.05) is 6.92 Å². The van der Waals surface area contributed by atoms with Crippen LogP contribution in [0.3, 0.4) is 0 Å². The lowest BCUT2D eigenvalue weighted by atomic mass is 10.3. The Balaban J connectivity index is 0.00000144. The largest absolute Gasteiger partial charge is 0.377 e. The van der Waals surface area contributed by atoms with Gasteiger partial charge in [-0.25, -0.2) is 8.42 Å². The van der Waals surface area contributed by atoms with Crippen LogP contribution >= 0.6 is 12.4 Å². The minimum atomic E-state index is -3.13. The number of nitrogens with zero attached hydrogens (tertiary/aromatic N) is 1. The van der Waals surface area contributed by atoms with E-state index >= 15 is 0 Å². The fraction of sp³-hybridized carbons (Fsp3) is 1.00. The van der Waals surface area contributed by atoms with Gasteiger partial charge in [0.1, 0.15) is 0 Å². The second-order valence-electron chi connectivity index (χ2n) is 4.63. The molecule has 0 aliphatic carbocycles.